The van der Waals surface area contributed by atoms with Crippen LogP contribution in [-0.4, -0.2) is 16.6 Å². The van der Waals surface area contributed by atoms with Crippen molar-refractivity contribution >= 4 is 5.95 Å². The van der Waals surface area contributed by atoms with E-state index in [1.807, 2.05) is 48.8 Å². The van der Waals surface area contributed by atoms with Gasteiger partial charge in [0.25, 0.3) is 0 Å². The van der Waals surface area contributed by atoms with E-state index in [2.05, 4.69) is 21.4 Å². The maximum atomic E-state index is 11.6. The molecule has 0 radical (unpaired) electrons. The second-order valence-corrected chi connectivity index (χ2v) is 8.77. The lowest BCUT2D eigenvalue weighted by atomic mass is 10.0. The zero-order chi connectivity index (χ0) is 21.1. The van der Waals surface area contributed by atoms with Crippen molar-refractivity contribution in [1.29, 1.82) is 0 Å². The van der Waals surface area contributed by atoms with E-state index in [0.29, 0.717) is 6.54 Å². The van der Waals surface area contributed by atoms with Gasteiger partial charge >= 0.3 is 5.95 Å². The number of anilines is 1. The predicted octanol–water partition coefficient (Wildman–Crippen LogP) is 5.74. The number of fused-ring (bicyclic) bond motifs is 1. The Bertz CT molecular complexity index is 736. The minimum absolute atomic E-state index is 0.526. The molecule has 2 heterocycles. The summed E-state index contributed by atoms with van der Waals surface area (Å²) >= 11 is 0. The second kappa shape index (κ2) is 12.0. The van der Waals surface area contributed by atoms with E-state index in [-0.39, 0.29) is 0 Å². The monoisotopic (exact) mass is 410 g/mol. The molecule has 0 unspecified atom stereocenters. The van der Waals surface area contributed by atoms with Gasteiger partial charge in [-0.15, -0.1) is 0 Å². The standard InChI is InChI=1S/C26H40N3O/c1-2-3-4-5-6-7-8-9-10-11-12-16-22-29-25-27-20-17-21-28(25)23-26(29,30)24-18-14-13-15-19-24/h13-15,17-21,30H,2-12,16,22-23H2,1H3/q+1/t26-/m1/s1. The molecule has 1 aromatic heterocycles. The summed E-state index contributed by atoms with van der Waals surface area (Å²) in [4.78, 5) is 6.66. The van der Waals surface area contributed by atoms with Crippen LogP contribution in [0, 0.1) is 0 Å². The fraction of sp³-hybridized carbons (Fsp3) is 0.615. The number of hydrogen-bond donors (Lipinski definition) is 1. The Labute approximate surface area is 183 Å². The first-order valence-corrected chi connectivity index (χ1v) is 12.2. The van der Waals surface area contributed by atoms with Crippen LogP contribution in [0.5, 0.6) is 0 Å². The van der Waals surface area contributed by atoms with Gasteiger partial charge in [-0.25, -0.2) is 9.47 Å². The van der Waals surface area contributed by atoms with Crippen molar-refractivity contribution in [2.45, 2.75) is 96.2 Å². The van der Waals surface area contributed by atoms with Gasteiger partial charge in [-0.3, -0.25) is 0 Å². The molecule has 4 nitrogen and oxygen atoms in total. The highest BCUT2D eigenvalue weighted by Gasteiger charge is 2.50. The van der Waals surface area contributed by atoms with Gasteiger partial charge in [0.15, 0.2) is 0 Å². The summed E-state index contributed by atoms with van der Waals surface area (Å²) in [6, 6.07) is 12.0. The summed E-state index contributed by atoms with van der Waals surface area (Å²) in [6.45, 7) is 3.64. The Hall–Kier alpha value is -1.94. The van der Waals surface area contributed by atoms with Crippen LogP contribution in [0.1, 0.15) is 89.5 Å². The average Bonchev–Trinajstić information content (AvgIpc) is 3.07. The normalized spacial score (nSPS) is 18.0. The van der Waals surface area contributed by atoms with Crippen LogP contribution in [0.3, 0.4) is 0 Å². The fourth-order valence-electron chi connectivity index (χ4n) is 4.58. The van der Waals surface area contributed by atoms with E-state index in [4.69, 9.17) is 0 Å². The average molecular weight is 411 g/mol. The predicted molar refractivity (Wildman–Crippen MR) is 123 cm³/mol. The van der Waals surface area contributed by atoms with Crippen LogP contribution < -0.4 is 9.47 Å². The van der Waals surface area contributed by atoms with Gasteiger partial charge in [-0.05, 0) is 6.42 Å². The molecule has 1 aromatic carbocycles. The molecule has 30 heavy (non-hydrogen) atoms. The number of benzene rings is 1. The zero-order valence-corrected chi connectivity index (χ0v) is 18.8. The van der Waals surface area contributed by atoms with Crippen LogP contribution in [-0.2, 0) is 12.3 Å². The van der Waals surface area contributed by atoms with Gasteiger partial charge in [-0.2, -0.15) is 0 Å². The van der Waals surface area contributed by atoms with Crippen molar-refractivity contribution in [2.75, 3.05) is 11.4 Å². The lowest BCUT2D eigenvalue weighted by Crippen LogP contribution is -2.46. The minimum Gasteiger partial charge on any atom is -0.353 e. The van der Waals surface area contributed by atoms with E-state index in [1.54, 1.807) is 0 Å². The second-order valence-electron chi connectivity index (χ2n) is 8.77. The topological polar surface area (TPSA) is 40.2 Å². The summed E-state index contributed by atoms with van der Waals surface area (Å²) in [5, 5.41) is 11.6. The maximum absolute atomic E-state index is 11.6. The van der Waals surface area contributed by atoms with Crippen LogP contribution in [0.25, 0.3) is 0 Å². The zero-order valence-electron chi connectivity index (χ0n) is 18.8. The Morgan fingerprint density at radius 3 is 2.10 bits per heavy atom. The number of nitrogens with zero attached hydrogens (tertiary/aromatic N) is 3. The van der Waals surface area contributed by atoms with Gasteiger partial charge in [0.2, 0.25) is 5.72 Å². The maximum Gasteiger partial charge on any atom is 0.396 e. The SMILES string of the molecule is CCCCCCCCCCCCCCN1c2nccc[n+]2C[C@@]1(O)c1ccccc1. The number of hydrogen-bond acceptors (Lipinski definition) is 3. The van der Waals surface area contributed by atoms with Gasteiger partial charge in [-0.1, -0.05) is 113 Å². The molecule has 0 amide bonds. The molecule has 0 saturated carbocycles. The molecule has 0 aliphatic carbocycles. The smallest absolute Gasteiger partial charge is 0.353 e. The third-order valence-corrected chi connectivity index (χ3v) is 6.35. The molecule has 0 spiro atoms. The van der Waals surface area contributed by atoms with Gasteiger partial charge < -0.3 is 5.11 Å². The summed E-state index contributed by atoms with van der Waals surface area (Å²) in [5.74, 6) is 0.868. The highest BCUT2D eigenvalue weighted by molar-refractivity contribution is 5.37. The number of aliphatic hydroxyl groups is 1. The van der Waals surface area contributed by atoms with Crippen molar-refractivity contribution < 1.29 is 9.67 Å². The lowest BCUT2D eigenvalue weighted by Gasteiger charge is -2.28. The van der Waals surface area contributed by atoms with Gasteiger partial charge in [0, 0.05) is 11.6 Å². The Morgan fingerprint density at radius 1 is 0.867 bits per heavy atom. The lowest BCUT2D eigenvalue weighted by molar-refractivity contribution is -0.685. The van der Waals surface area contributed by atoms with Crippen molar-refractivity contribution in [1.82, 2.24) is 4.98 Å². The largest absolute Gasteiger partial charge is 0.396 e. The highest BCUT2D eigenvalue weighted by Crippen LogP contribution is 2.33. The van der Waals surface area contributed by atoms with Crippen LogP contribution in [0.4, 0.5) is 5.95 Å². The van der Waals surface area contributed by atoms with Crippen LogP contribution in [0.2, 0.25) is 0 Å². The first-order chi connectivity index (χ1) is 14.8. The molecular weight excluding hydrogens is 370 g/mol. The fourth-order valence-corrected chi connectivity index (χ4v) is 4.58. The van der Waals surface area contributed by atoms with E-state index in [1.165, 1.54) is 70.6 Å². The van der Waals surface area contributed by atoms with Crippen molar-refractivity contribution in [2.24, 2.45) is 0 Å². The van der Waals surface area contributed by atoms with Gasteiger partial charge in [0.1, 0.15) is 12.7 Å². The molecule has 0 bridgehead atoms. The molecule has 3 rings (SSSR count). The molecular formula is C26H40N3O+. The molecule has 0 fully saturated rings. The number of rotatable bonds is 14. The summed E-state index contributed by atoms with van der Waals surface area (Å²) in [6.07, 6.45) is 19.9. The number of aromatic nitrogens is 2. The summed E-state index contributed by atoms with van der Waals surface area (Å²) in [5.41, 5.74) is -0.0742. The highest BCUT2D eigenvalue weighted by atomic mass is 16.3. The van der Waals surface area contributed by atoms with Crippen molar-refractivity contribution in [3.05, 3.63) is 54.4 Å². The van der Waals surface area contributed by atoms with Crippen molar-refractivity contribution in [3.63, 3.8) is 0 Å². The molecule has 1 aliphatic rings. The molecule has 1 N–H and O–H groups in total. The van der Waals surface area contributed by atoms with Gasteiger partial charge in [0.05, 0.1) is 12.7 Å². The first-order valence-electron chi connectivity index (χ1n) is 12.2. The van der Waals surface area contributed by atoms with Crippen LogP contribution >= 0.6 is 0 Å². The van der Waals surface area contributed by atoms with E-state index < -0.39 is 5.72 Å². The Kier molecular flexibility index (Phi) is 9.13. The summed E-state index contributed by atoms with van der Waals surface area (Å²) in [7, 11) is 0. The molecule has 1 atom stereocenters. The Morgan fingerprint density at radius 2 is 1.47 bits per heavy atom. The molecule has 164 valence electrons. The number of unbranched alkanes of at least 4 members (excludes halogenated alkanes) is 11. The molecule has 1 aliphatic heterocycles. The van der Waals surface area contributed by atoms with E-state index in [9.17, 15) is 5.11 Å². The third kappa shape index (κ3) is 6.04. The van der Waals surface area contributed by atoms with E-state index in [0.717, 1.165) is 24.5 Å². The minimum atomic E-state index is -1.01. The van der Waals surface area contributed by atoms with Crippen molar-refractivity contribution in [3.8, 4) is 0 Å². The third-order valence-electron chi connectivity index (χ3n) is 6.35. The first kappa shape index (κ1) is 22.7. The molecule has 0 saturated heterocycles. The molecule has 4 heteroatoms. The Balaban J connectivity index is 1.40. The molecule has 2 aromatic rings. The quantitative estimate of drug-likeness (QED) is 0.319. The van der Waals surface area contributed by atoms with Crippen LogP contribution in [0.15, 0.2) is 48.8 Å². The summed E-state index contributed by atoms with van der Waals surface area (Å²) < 4.78 is 2.06. The van der Waals surface area contributed by atoms with E-state index >= 15 is 0 Å².